The molecule has 0 unspecified atom stereocenters. The number of methoxy groups -OCH3 is 1. The van der Waals surface area contributed by atoms with Gasteiger partial charge in [0.15, 0.2) is 0 Å². The van der Waals surface area contributed by atoms with Gasteiger partial charge in [0.05, 0.1) is 7.11 Å². The van der Waals surface area contributed by atoms with E-state index in [1.54, 1.807) is 18.5 Å². The number of nitrogens with zero attached hydrogens (tertiary/aromatic N) is 4. The van der Waals surface area contributed by atoms with E-state index in [0.717, 1.165) is 32.1 Å². The van der Waals surface area contributed by atoms with Crippen molar-refractivity contribution in [2.75, 3.05) is 38.2 Å². The summed E-state index contributed by atoms with van der Waals surface area (Å²) in [4.78, 5) is 24.2. The molecule has 1 saturated heterocycles. The summed E-state index contributed by atoms with van der Waals surface area (Å²) >= 11 is 0. The second-order valence-electron chi connectivity index (χ2n) is 4.27. The van der Waals surface area contributed by atoms with Crippen molar-refractivity contribution in [2.45, 2.75) is 13.0 Å². The number of hydrogen-bond donors (Lipinski definition) is 0. The van der Waals surface area contributed by atoms with Gasteiger partial charge in [-0.3, -0.25) is 9.69 Å². The average molecular weight is 250 g/mol. The minimum atomic E-state index is -0.186. The highest BCUT2D eigenvalue weighted by Crippen LogP contribution is 2.12. The molecule has 0 aromatic carbocycles. The normalized spacial score (nSPS) is 18.4. The van der Waals surface area contributed by atoms with Crippen LogP contribution in [-0.4, -0.2) is 60.2 Å². The zero-order valence-electron chi connectivity index (χ0n) is 10.7. The Balaban J connectivity index is 1.90. The second-order valence-corrected chi connectivity index (χ2v) is 4.27. The Morgan fingerprint density at radius 2 is 1.89 bits per heavy atom. The quantitative estimate of drug-likeness (QED) is 0.712. The predicted molar refractivity (Wildman–Crippen MR) is 67.3 cm³/mol. The second kappa shape index (κ2) is 5.77. The molecular formula is C12H18N4O2. The molecular weight excluding hydrogens is 232 g/mol. The van der Waals surface area contributed by atoms with Crippen LogP contribution in [0.2, 0.25) is 0 Å². The van der Waals surface area contributed by atoms with Crippen molar-refractivity contribution in [3.63, 3.8) is 0 Å². The first-order valence-corrected chi connectivity index (χ1v) is 6.06. The lowest BCUT2D eigenvalue weighted by molar-refractivity contribution is -0.146. The van der Waals surface area contributed by atoms with E-state index in [2.05, 4.69) is 19.8 Å². The summed E-state index contributed by atoms with van der Waals surface area (Å²) in [6.45, 7) is 5.15. The van der Waals surface area contributed by atoms with Gasteiger partial charge in [-0.2, -0.15) is 0 Å². The van der Waals surface area contributed by atoms with E-state index in [4.69, 9.17) is 4.74 Å². The molecule has 0 radical (unpaired) electrons. The summed E-state index contributed by atoms with van der Waals surface area (Å²) in [5, 5.41) is 0. The number of piperazine rings is 1. The van der Waals surface area contributed by atoms with Gasteiger partial charge in [-0.1, -0.05) is 0 Å². The molecule has 98 valence electrons. The number of carbonyl (C=O) groups excluding carboxylic acids is 1. The van der Waals surface area contributed by atoms with Crippen LogP contribution in [0.3, 0.4) is 0 Å². The van der Waals surface area contributed by atoms with Crippen LogP contribution in [-0.2, 0) is 9.53 Å². The van der Waals surface area contributed by atoms with Gasteiger partial charge in [0, 0.05) is 38.6 Å². The molecule has 0 aliphatic carbocycles. The molecule has 0 saturated carbocycles. The molecule has 1 aromatic rings. The standard InChI is InChI=1S/C12H18N4O2/c1-10(11(17)18-2)15-6-8-16(9-7-15)12-13-4-3-5-14-12/h3-5,10H,6-9H2,1-2H3/t10-/m1/s1. The molecule has 1 atom stereocenters. The first kappa shape index (κ1) is 12.8. The Morgan fingerprint density at radius 3 is 2.44 bits per heavy atom. The van der Waals surface area contributed by atoms with E-state index in [9.17, 15) is 4.79 Å². The number of anilines is 1. The lowest BCUT2D eigenvalue weighted by Gasteiger charge is -2.36. The Bertz CT molecular complexity index is 390. The molecule has 6 heteroatoms. The molecule has 1 aliphatic heterocycles. The zero-order valence-corrected chi connectivity index (χ0v) is 10.7. The Labute approximate surface area is 107 Å². The van der Waals surface area contributed by atoms with Gasteiger partial charge in [0.1, 0.15) is 6.04 Å². The molecule has 1 aromatic heterocycles. The van der Waals surface area contributed by atoms with Crippen molar-refractivity contribution >= 4 is 11.9 Å². The Hall–Kier alpha value is -1.69. The largest absolute Gasteiger partial charge is 0.468 e. The topological polar surface area (TPSA) is 58.6 Å². The third kappa shape index (κ3) is 2.76. The predicted octanol–water partition coefficient (Wildman–Crippen LogP) is 0.160. The molecule has 2 heterocycles. The fourth-order valence-corrected chi connectivity index (χ4v) is 2.08. The van der Waals surface area contributed by atoms with Gasteiger partial charge < -0.3 is 9.64 Å². The highest BCUT2D eigenvalue weighted by atomic mass is 16.5. The van der Waals surface area contributed by atoms with E-state index in [-0.39, 0.29) is 12.0 Å². The first-order valence-electron chi connectivity index (χ1n) is 6.06. The van der Waals surface area contributed by atoms with Gasteiger partial charge in [-0.15, -0.1) is 0 Å². The van der Waals surface area contributed by atoms with Crippen molar-refractivity contribution in [1.82, 2.24) is 14.9 Å². The SMILES string of the molecule is COC(=O)[C@@H](C)N1CCN(c2ncccn2)CC1. The van der Waals surface area contributed by atoms with E-state index in [1.165, 1.54) is 7.11 Å². The Kier molecular flexibility index (Phi) is 4.09. The molecule has 0 spiro atoms. The third-order valence-corrected chi connectivity index (χ3v) is 3.24. The van der Waals surface area contributed by atoms with Crippen molar-refractivity contribution < 1.29 is 9.53 Å². The van der Waals surface area contributed by atoms with Crippen molar-refractivity contribution in [2.24, 2.45) is 0 Å². The number of ether oxygens (including phenoxy) is 1. The molecule has 0 bridgehead atoms. The van der Waals surface area contributed by atoms with Crippen molar-refractivity contribution in [3.05, 3.63) is 18.5 Å². The molecule has 0 amide bonds. The van der Waals surface area contributed by atoms with E-state index < -0.39 is 0 Å². The maximum absolute atomic E-state index is 11.5. The smallest absolute Gasteiger partial charge is 0.322 e. The first-order chi connectivity index (χ1) is 8.72. The zero-order chi connectivity index (χ0) is 13.0. The summed E-state index contributed by atoms with van der Waals surface area (Å²) in [5.74, 6) is 0.572. The van der Waals surface area contributed by atoms with E-state index in [1.807, 2.05) is 6.92 Å². The van der Waals surface area contributed by atoms with Crippen LogP contribution in [0.1, 0.15) is 6.92 Å². The van der Waals surface area contributed by atoms with Crippen LogP contribution in [0.4, 0.5) is 5.95 Å². The fourth-order valence-electron chi connectivity index (χ4n) is 2.08. The number of carbonyl (C=O) groups is 1. The number of aromatic nitrogens is 2. The van der Waals surface area contributed by atoms with Crippen molar-refractivity contribution in [3.8, 4) is 0 Å². The monoisotopic (exact) mass is 250 g/mol. The van der Waals surface area contributed by atoms with Crippen LogP contribution >= 0.6 is 0 Å². The van der Waals surface area contributed by atoms with Crippen molar-refractivity contribution in [1.29, 1.82) is 0 Å². The van der Waals surface area contributed by atoms with Gasteiger partial charge >= 0.3 is 5.97 Å². The van der Waals surface area contributed by atoms with E-state index in [0.29, 0.717) is 0 Å². The molecule has 0 N–H and O–H groups in total. The molecule has 1 aliphatic rings. The highest BCUT2D eigenvalue weighted by molar-refractivity contribution is 5.75. The van der Waals surface area contributed by atoms with Gasteiger partial charge in [0.25, 0.3) is 0 Å². The number of rotatable bonds is 3. The lowest BCUT2D eigenvalue weighted by Crippen LogP contribution is -2.52. The van der Waals surface area contributed by atoms with Crippen LogP contribution < -0.4 is 4.90 Å². The summed E-state index contributed by atoms with van der Waals surface area (Å²) in [6.07, 6.45) is 3.48. The average Bonchev–Trinajstić information content (AvgIpc) is 2.47. The number of hydrogen-bond acceptors (Lipinski definition) is 6. The maximum Gasteiger partial charge on any atom is 0.322 e. The lowest BCUT2D eigenvalue weighted by atomic mass is 10.2. The third-order valence-electron chi connectivity index (χ3n) is 3.24. The summed E-state index contributed by atoms with van der Waals surface area (Å²) < 4.78 is 4.76. The maximum atomic E-state index is 11.5. The van der Waals surface area contributed by atoms with Gasteiger partial charge in [0.2, 0.25) is 5.95 Å². The van der Waals surface area contributed by atoms with Gasteiger partial charge in [-0.25, -0.2) is 9.97 Å². The molecule has 2 rings (SSSR count). The highest BCUT2D eigenvalue weighted by Gasteiger charge is 2.26. The van der Waals surface area contributed by atoms with Crippen LogP contribution in [0.25, 0.3) is 0 Å². The van der Waals surface area contributed by atoms with Gasteiger partial charge in [-0.05, 0) is 13.0 Å². The molecule has 6 nitrogen and oxygen atoms in total. The van der Waals surface area contributed by atoms with E-state index >= 15 is 0 Å². The summed E-state index contributed by atoms with van der Waals surface area (Å²) in [5.41, 5.74) is 0. The summed E-state index contributed by atoms with van der Waals surface area (Å²) in [7, 11) is 1.42. The van der Waals surface area contributed by atoms with Crippen LogP contribution in [0.5, 0.6) is 0 Å². The molecule has 1 fully saturated rings. The van der Waals surface area contributed by atoms with Crippen LogP contribution in [0.15, 0.2) is 18.5 Å². The Morgan fingerprint density at radius 1 is 1.28 bits per heavy atom. The molecule has 18 heavy (non-hydrogen) atoms. The number of esters is 1. The minimum Gasteiger partial charge on any atom is -0.468 e. The van der Waals surface area contributed by atoms with Crippen LogP contribution in [0, 0.1) is 0 Å². The minimum absolute atomic E-state index is 0.181. The fraction of sp³-hybridized carbons (Fsp3) is 0.583. The summed E-state index contributed by atoms with van der Waals surface area (Å²) in [6, 6.07) is 1.62.